The van der Waals surface area contributed by atoms with Crippen molar-refractivity contribution in [2.45, 2.75) is 13.8 Å². The minimum atomic E-state index is -0.218. The fourth-order valence-electron chi connectivity index (χ4n) is 0.908. The summed E-state index contributed by atoms with van der Waals surface area (Å²) in [5.41, 5.74) is 2.33. The molecule has 0 aliphatic rings. The van der Waals surface area contributed by atoms with Gasteiger partial charge in [0.2, 0.25) is 5.91 Å². The van der Waals surface area contributed by atoms with Crippen LogP contribution < -0.4 is 5.32 Å². The summed E-state index contributed by atoms with van der Waals surface area (Å²) in [6.45, 7) is 3.65. The number of aromatic amines is 1. The molecule has 1 amide bonds. The maximum absolute atomic E-state index is 10.9. The van der Waals surface area contributed by atoms with Gasteiger partial charge in [-0.25, -0.2) is 0 Å². The van der Waals surface area contributed by atoms with Crippen molar-refractivity contribution in [2.75, 3.05) is 11.2 Å². The highest BCUT2D eigenvalue weighted by molar-refractivity contribution is 6.29. The SMILES string of the molecule is Cc1n[nH]c(C)c1NC(=O)CCl. The lowest BCUT2D eigenvalue weighted by molar-refractivity contribution is -0.113. The van der Waals surface area contributed by atoms with Gasteiger partial charge in [-0.3, -0.25) is 9.89 Å². The van der Waals surface area contributed by atoms with Gasteiger partial charge < -0.3 is 5.32 Å². The number of alkyl halides is 1. The predicted molar refractivity (Wildman–Crippen MR) is 47.4 cm³/mol. The number of hydrogen-bond acceptors (Lipinski definition) is 2. The lowest BCUT2D eigenvalue weighted by Gasteiger charge is -2.01. The fraction of sp³-hybridized carbons (Fsp3) is 0.429. The Hall–Kier alpha value is -1.03. The second-order valence-corrected chi connectivity index (χ2v) is 2.76. The van der Waals surface area contributed by atoms with Crippen molar-refractivity contribution < 1.29 is 4.79 Å². The normalized spacial score (nSPS) is 9.92. The van der Waals surface area contributed by atoms with Crippen LogP contribution in [0.3, 0.4) is 0 Å². The topological polar surface area (TPSA) is 57.8 Å². The van der Waals surface area contributed by atoms with Crippen molar-refractivity contribution in [1.29, 1.82) is 0 Å². The van der Waals surface area contributed by atoms with Crippen LogP contribution in [0.15, 0.2) is 0 Å². The molecule has 0 saturated heterocycles. The van der Waals surface area contributed by atoms with Crippen molar-refractivity contribution >= 4 is 23.2 Å². The molecule has 1 aromatic rings. The van der Waals surface area contributed by atoms with Gasteiger partial charge in [-0.2, -0.15) is 5.10 Å². The number of anilines is 1. The van der Waals surface area contributed by atoms with Gasteiger partial charge in [0.25, 0.3) is 0 Å². The molecule has 1 aromatic heterocycles. The first kappa shape index (κ1) is 9.06. The molecule has 0 bridgehead atoms. The monoisotopic (exact) mass is 187 g/mol. The molecule has 12 heavy (non-hydrogen) atoms. The van der Waals surface area contributed by atoms with E-state index < -0.39 is 0 Å². The number of rotatable bonds is 2. The van der Waals surface area contributed by atoms with E-state index in [1.165, 1.54) is 0 Å². The summed E-state index contributed by atoms with van der Waals surface area (Å²) in [5, 5.41) is 9.32. The van der Waals surface area contributed by atoms with Gasteiger partial charge in [0.15, 0.2) is 0 Å². The summed E-state index contributed by atoms with van der Waals surface area (Å²) < 4.78 is 0. The summed E-state index contributed by atoms with van der Waals surface area (Å²) in [6.07, 6.45) is 0. The Bertz CT molecular complexity index is 275. The van der Waals surface area contributed by atoms with Crippen molar-refractivity contribution in [3.05, 3.63) is 11.4 Å². The second-order valence-electron chi connectivity index (χ2n) is 2.49. The van der Waals surface area contributed by atoms with Crippen LogP contribution in [0, 0.1) is 13.8 Å². The molecule has 0 fully saturated rings. The number of nitrogens with one attached hydrogen (secondary N) is 2. The Balaban J connectivity index is 2.80. The molecular weight excluding hydrogens is 178 g/mol. The number of nitrogens with zero attached hydrogens (tertiary/aromatic N) is 1. The Morgan fingerprint density at radius 2 is 2.33 bits per heavy atom. The van der Waals surface area contributed by atoms with Gasteiger partial charge in [-0.15, -0.1) is 11.6 Å². The largest absolute Gasteiger partial charge is 0.322 e. The van der Waals surface area contributed by atoms with Gasteiger partial charge in [0.1, 0.15) is 5.88 Å². The van der Waals surface area contributed by atoms with Crippen molar-refractivity contribution in [3.63, 3.8) is 0 Å². The number of aromatic nitrogens is 2. The summed E-state index contributed by atoms with van der Waals surface area (Å²) in [7, 11) is 0. The number of halogens is 1. The van der Waals surface area contributed by atoms with E-state index in [2.05, 4.69) is 15.5 Å². The van der Waals surface area contributed by atoms with Crippen LogP contribution in [0.2, 0.25) is 0 Å². The van der Waals surface area contributed by atoms with E-state index in [-0.39, 0.29) is 11.8 Å². The number of hydrogen-bond donors (Lipinski definition) is 2. The Morgan fingerprint density at radius 1 is 1.67 bits per heavy atom. The number of carbonyl (C=O) groups excluding carboxylic acids is 1. The van der Waals surface area contributed by atoms with Crippen molar-refractivity contribution in [3.8, 4) is 0 Å². The zero-order chi connectivity index (χ0) is 9.14. The lowest BCUT2D eigenvalue weighted by Crippen LogP contribution is -2.13. The highest BCUT2D eigenvalue weighted by atomic mass is 35.5. The highest BCUT2D eigenvalue weighted by Gasteiger charge is 2.08. The summed E-state index contributed by atoms with van der Waals surface area (Å²) in [4.78, 5) is 10.9. The first-order valence-corrected chi connectivity index (χ1v) is 4.06. The van der Waals surface area contributed by atoms with E-state index in [0.29, 0.717) is 0 Å². The number of H-pyrrole nitrogens is 1. The van der Waals surface area contributed by atoms with Crippen LogP contribution >= 0.6 is 11.6 Å². The van der Waals surface area contributed by atoms with E-state index in [9.17, 15) is 4.79 Å². The smallest absolute Gasteiger partial charge is 0.239 e. The van der Waals surface area contributed by atoms with Gasteiger partial charge in [0, 0.05) is 0 Å². The predicted octanol–water partition coefficient (Wildman–Crippen LogP) is 1.20. The Morgan fingerprint density at radius 3 is 2.75 bits per heavy atom. The quantitative estimate of drug-likeness (QED) is 0.684. The van der Waals surface area contributed by atoms with Crippen LogP contribution in [-0.4, -0.2) is 22.0 Å². The zero-order valence-electron chi connectivity index (χ0n) is 6.94. The molecule has 0 spiro atoms. The highest BCUT2D eigenvalue weighted by Crippen LogP contribution is 2.15. The number of aryl methyl sites for hydroxylation is 2. The third-order valence-electron chi connectivity index (χ3n) is 1.51. The lowest BCUT2D eigenvalue weighted by atomic mass is 10.3. The van der Waals surface area contributed by atoms with Crippen LogP contribution in [0.25, 0.3) is 0 Å². The molecule has 0 aliphatic heterocycles. The molecule has 0 saturated carbocycles. The second kappa shape index (κ2) is 3.58. The molecule has 1 rings (SSSR count). The van der Waals surface area contributed by atoms with Crippen molar-refractivity contribution in [1.82, 2.24) is 10.2 Å². The van der Waals surface area contributed by atoms with Gasteiger partial charge in [0.05, 0.1) is 17.1 Å². The molecule has 66 valence electrons. The molecule has 0 radical (unpaired) electrons. The van der Waals surface area contributed by atoms with Gasteiger partial charge >= 0.3 is 0 Å². The summed E-state index contributed by atoms with van der Waals surface area (Å²) in [6, 6.07) is 0. The molecule has 1 heterocycles. The van der Waals surface area contributed by atoms with Crippen LogP contribution in [-0.2, 0) is 4.79 Å². The first-order valence-electron chi connectivity index (χ1n) is 3.52. The van der Waals surface area contributed by atoms with E-state index >= 15 is 0 Å². The van der Waals surface area contributed by atoms with Gasteiger partial charge in [-0.05, 0) is 13.8 Å². The molecule has 2 N–H and O–H groups in total. The van der Waals surface area contributed by atoms with Gasteiger partial charge in [-0.1, -0.05) is 0 Å². The van der Waals surface area contributed by atoms with Crippen LogP contribution in [0.5, 0.6) is 0 Å². The van der Waals surface area contributed by atoms with Crippen molar-refractivity contribution in [2.24, 2.45) is 0 Å². The summed E-state index contributed by atoms with van der Waals surface area (Å²) >= 11 is 5.33. The molecule has 5 heteroatoms. The molecule has 4 nitrogen and oxygen atoms in total. The maximum atomic E-state index is 10.9. The molecule has 0 unspecified atom stereocenters. The Labute approximate surface area is 75.3 Å². The standard InChI is InChI=1S/C7H10ClN3O/c1-4-7(5(2)11-10-4)9-6(12)3-8/h3H2,1-2H3,(H,9,12)(H,10,11). The maximum Gasteiger partial charge on any atom is 0.239 e. The molecule has 0 atom stereocenters. The van der Waals surface area contributed by atoms with Crippen LogP contribution in [0.1, 0.15) is 11.4 Å². The minimum absolute atomic E-state index is 0.0376. The molecule has 0 aromatic carbocycles. The third-order valence-corrected chi connectivity index (χ3v) is 1.76. The van der Waals surface area contributed by atoms with E-state index in [4.69, 9.17) is 11.6 Å². The average Bonchev–Trinajstić information content (AvgIpc) is 2.35. The number of amides is 1. The van der Waals surface area contributed by atoms with Crippen LogP contribution in [0.4, 0.5) is 5.69 Å². The molecule has 0 aliphatic carbocycles. The molecular formula is C7H10ClN3O. The fourth-order valence-corrected chi connectivity index (χ4v) is 0.975. The van der Waals surface area contributed by atoms with E-state index in [0.717, 1.165) is 17.1 Å². The first-order chi connectivity index (χ1) is 5.65. The summed E-state index contributed by atoms with van der Waals surface area (Å²) in [5.74, 6) is -0.256. The Kier molecular flexibility index (Phi) is 2.70. The minimum Gasteiger partial charge on any atom is -0.322 e. The average molecular weight is 188 g/mol. The third kappa shape index (κ3) is 1.76. The number of carbonyl (C=O) groups is 1. The van der Waals surface area contributed by atoms with E-state index in [1.807, 2.05) is 13.8 Å². The zero-order valence-corrected chi connectivity index (χ0v) is 7.70. The van der Waals surface area contributed by atoms with E-state index in [1.54, 1.807) is 0 Å².